The van der Waals surface area contributed by atoms with Crippen LogP contribution in [0.15, 0.2) is 60.7 Å². The summed E-state index contributed by atoms with van der Waals surface area (Å²) in [6.45, 7) is 4.99. The van der Waals surface area contributed by atoms with E-state index in [4.69, 9.17) is 9.47 Å². The Hall–Kier alpha value is -3.34. The van der Waals surface area contributed by atoms with Gasteiger partial charge in [0.1, 0.15) is 23.9 Å². The molecular weight excluding hydrogens is 479 g/mol. The van der Waals surface area contributed by atoms with Crippen LogP contribution >= 0.6 is 0 Å². The Kier molecular flexibility index (Phi) is 7.47. The van der Waals surface area contributed by atoms with Crippen LogP contribution in [0.1, 0.15) is 80.9 Å². The molecule has 4 nitrogen and oxygen atoms in total. The van der Waals surface area contributed by atoms with Gasteiger partial charge in [-0.05, 0) is 101 Å². The second-order valence-electron chi connectivity index (χ2n) is 11.6. The van der Waals surface area contributed by atoms with Gasteiger partial charge in [-0.15, -0.1) is 0 Å². The molecule has 0 heterocycles. The minimum atomic E-state index is -0.761. The maximum Gasteiger partial charge on any atom is 0.303 e. The third-order valence-electron chi connectivity index (χ3n) is 8.49. The summed E-state index contributed by atoms with van der Waals surface area (Å²) >= 11 is 0. The van der Waals surface area contributed by atoms with E-state index in [1.165, 1.54) is 6.07 Å². The zero-order valence-corrected chi connectivity index (χ0v) is 22.5. The number of benzene rings is 3. The molecule has 2 aliphatic rings. The van der Waals surface area contributed by atoms with Crippen molar-refractivity contribution in [3.63, 3.8) is 0 Å². The zero-order chi connectivity index (χ0) is 26.9. The Bertz CT molecular complexity index is 1310. The molecule has 0 radical (unpaired) electrons. The fourth-order valence-electron chi connectivity index (χ4n) is 6.22. The third-order valence-corrected chi connectivity index (χ3v) is 8.49. The monoisotopic (exact) mass is 516 g/mol. The lowest BCUT2D eigenvalue weighted by molar-refractivity contribution is -0.137. The van der Waals surface area contributed by atoms with E-state index in [0.29, 0.717) is 29.8 Å². The maximum absolute atomic E-state index is 15.0. The van der Waals surface area contributed by atoms with Crippen LogP contribution in [0.5, 0.6) is 11.5 Å². The molecular formula is C33H37FO4. The van der Waals surface area contributed by atoms with Crippen molar-refractivity contribution in [3.05, 3.63) is 83.2 Å². The van der Waals surface area contributed by atoms with Crippen LogP contribution in [0.3, 0.4) is 0 Å². The third kappa shape index (κ3) is 5.72. The molecule has 2 atom stereocenters. The Morgan fingerprint density at radius 2 is 1.84 bits per heavy atom. The van der Waals surface area contributed by atoms with Crippen molar-refractivity contribution >= 4 is 5.97 Å². The summed E-state index contributed by atoms with van der Waals surface area (Å²) in [5, 5.41) is 9.39. The van der Waals surface area contributed by atoms with Crippen molar-refractivity contribution in [3.8, 4) is 22.6 Å². The number of carboxylic acids is 1. The normalized spacial score (nSPS) is 19.2. The standard InChI is InChI=1S/C33H37FO4/c1-33(2)15-5-8-30(33)28-16-21(9-13-26(28)29-18-24(37-3)12-14-31(29)34)20-38-25-7-4-6-23(17-25)27(19-32(35)36)22-10-11-22/h4,6-7,9,12-14,16-18,22,27,30H,5,8,10-11,15,19-20H2,1-3H3,(H,35,36)/t27-,30-/m1/s1. The number of methoxy groups -OCH3 is 1. The summed E-state index contributed by atoms with van der Waals surface area (Å²) in [6, 6.07) is 19.0. The van der Waals surface area contributed by atoms with Crippen molar-refractivity contribution in [2.24, 2.45) is 11.3 Å². The van der Waals surface area contributed by atoms with E-state index >= 15 is 4.39 Å². The number of hydrogen-bond acceptors (Lipinski definition) is 3. The lowest BCUT2D eigenvalue weighted by Gasteiger charge is -2.30. The van der Waals surface area contributed by atoms with Gasteiger partial charge in [0, 0.05) is 5.56 Å². The van der Waals surface area contributed by atoms with Crippen LogP contribution in [0.2, 0.25) is 0 Å². The average Bonchev–Trinajstić information content (AvgIpc) is 3.68. The first-order valence-electron chi connectivity index (χ1n) is 13.7. The summed E-state index contributed by atoms with van der Waals surface area (Å²) in [5.41, 5.74) is 4.82. The molecule has 2 aliphatic carbocycles. The smallest absolute Gasteiger partial charge is 0.303 e. The Balaban J connectivity index is 1.43. The fraction of sp³-hybridized carbons (Fsp3) is 0.424. The molecule has 2 saturated carbocycles. The zero-order valence-electron chi connectivity index (χ0n) is 22.5. The summed E-state index contributed by atoms with van der Waals surface area (Å²) in [7, 11) is 1.60. The van der Waals surface area contributed by atoms with Gasteiger partial charge in [0.05, 0.1) is 13.5 Å². The van der Waals surface area contributed by atoms with Crippen molar-refractivity contribution in [1.29, 1.82) is 0 Å². The maximum atomic E-state index is 15.0. The fourth-order valence-corrected chi connectivity index (χ4v) is 6.22. The molecule has 1 N–H and O–H groups in total. The highest BCUT2D eigenvalue weighted by Crippen LogP contribution is 2.51. The number of carboxylic acid groups (broad SMARTS) is 1. The Labute approximate surface area is 224 Å². The van der Waals surface area contributed by atoms with Crippen LogP contribution < -0.4 is 9.47 Å². The predicted molar refractivity (Wildman–Crippen MR) is 147 cm³/mol. The summed E-state index contributed by atoms with van der Waals surface area (Å²) in [6.07, 6.45) is 5.70. The quantitative estimate of drug-likeness (QED) is 0.294. The minimum Gasteiger partial charge on any atom is -0.497 e. The van der Waals surface area contributed by atoms with Crippen LogP contribution in [-0.2, 0) is 11.4 Å². The van der Waals surface area contributed by atoms with Crippen LogP contribution in [0, 0.1) is 17.2 Å². The molecule has 0 aliphatic heterocycles. The Morgan fingerprint density at radius 3 is 2.53 bits per heavy atom. The van der Waals surface area contributed by atoms with Crippen LogP contribution in [0.25, 0.3) is 11.1 Å². The van der Waals surface area contributed by atoms with Gasteiger partial charge < -0.3 is 14.6 Å². The van der Waals surface area contributed by atoms with Gasteiger partial charge in [-0.1, -0.05) is 50.6 Å². The van der Waals surface area contributed by atoms with Gasteiger partial charge in [0.25, 0.3) is 0 Å². The number of aliphatic carboxylic acids is 1. The van der Waals surface area contributed by atoms with Crippen molar-refractivity contribution in [2.75, 3.05) is 7.11 Å². The van der Waals surface area contributed by atoms with E-state index in [9.17, 15) is 9.90 Å². The van der Waals surface area contributed by atoms with Crippen LogP contribution in [0.4, 0.5) is 4.39 Å². The lowest BCUT2D eigenvalue weighted by Crippen LogP contribution is -2.17. The minimum absolute atomic E-state index is 0.0318. The molecule has 0 aromatic heterocycles. The number of hydrogen-bond donors (Lipinski definition) is 1. The lowest BCUT2D eigenvalue weighted by atomic mass is 9.75. The number of halogens is 1. The molecule has 2 fully saturated rings. The first-order valence-corrected chi connectivity index (χ1v) is 13.7. The predicted octanol–water partition coefficient (Wildman–Crippen LogP) is 8.34. The second kappa shape index (κ2) is 10.8. The summed E-state index contributed by atoms with van der Waals surface area (Å²) < 4.78 is 26.7. The molecule has 0 unspecified atom stereocenters. The SMILES string of the molecule is COc1ccc(F)c(-c2ccc(COc3cccc([C@H](CC(=O)O)C4CC4)c3)cc2[C@H]2CCCC2(C)C)c1. The molecule has 5 heteroatoms. The van der Waals surface area contributed by atoms with E-state index in [1.807, 2.05) is 36.4 Å². The van der Waals surface area contributed by atoms with Gasteiger partial charge in [-0.2, -0.15) is 0 Å². The van der Waals surface area contributed by atoms with E-state index in [1.54, 1.807) is 19.2 Å². The first-order chi connectivity index (χ1) is 18.2. The number of ether oxygens (including phenoxy) is 2. The van der Waals surface area contributed by atoms with Crippen molar-refractivity contribution in [1.82, 2.24) is 0 Å². The number of carbonyl (C=O) groups is 1. The molecule has 5 rings (SSSR count). The van der Waals surface area contributed by atoms with E-state index in [0.717, 1.165) is 60.1 Å². The van der Waals surface area contributed by atoms with E-state index in [2.05, 4.69) is 19.9 Å². The molecule has 0 amide bonds. The molecule has 200 valence electrons. The average molecular weight is 517 g/mol. The van der Waals surface area contributed by atoms with E-state index in [-0.39, 0.29) is 23.6 Å². The molecule has 38 heavy (non-hydrogen) atoms. The summed E-state index contributed by atoms with van der Waals surface area (Å²) in [4.78, 5) is 11.4. The highest BCUT2D eigenvalue weighted by Gasteiger charge is 2.37. The molecule has 3 aromatic rings. The molecule has 3 aromatic carbocycles. The van der Waals surface area contributed by atoms with Gasteiger partial charge in [-0.25, -0.2) is 4.39 Å². The molecule has 0 saturated heterocycles. The summed E-state index contributed by atoms with van der Waals surface area (Å²) in [5.74, 6) is 1.16. The first kappa shape index (κ1) is 26.3. The van der Waals surface area contributed by atoms with Gasteiger partial charge >= 0.3 is 5.97 Å². The molecule has 0 bridgehead atoms. The second-order valence-corrected chi connectivity index (χ2v) is 11.6. The topological polar surface area (TPSA) is 55.8 Å². The molecule has 0 spiro atoms. The van der Waals surface area contributed by atoms with Gasteiger partial charge in [0.15, 0.2) is 0 Å². The van der Waals surface area contributed by atoms with Gasteiger partial charge in [-0.3, -0.25) is 4.79 Å². The van der Waals surface area contributed by atoms with E-state index < -0.39 is 5.97 Å². The van der Waals surface area contributed by atoms with Crippen molar-refractivity contribution in [2.45, 2.75) is 70.8 Å². The van der Waals surface area contributed by atoms with Crippen molar-refractivity contribution < 1.29 is 23.8 Å². The number of rotatable bonds is 10. The van der Waals surface area contributed by atoms with Gasteiger partial charge in [0.2, 0.25) is 0 Å². The van der Waals surface area contributed by atoms with Crippen LogP contribution in [-0.4, -0.2) is 18.2 Å². The highest BCUT2D eigenvalue weighted by atomic mass is 19.1. The Morgan fingerprint density at radius 1 is 1.03 bits per heavy atom. The highest BCUT2D eigenvalue weighted by molar-refractivity contribution is 5.71. The largest absolute Gasteiger partial charge is 0.497 e.